The van der Waals surface area contributed by atoms with Crippen LogP contribution in [0.15, 0.2) is 71.3 Å². The van der Waals surface area contributed by atoms with Gasteiger partial charge < -0.3 is 0 Å². The molecular formula is C41H54. The summed E-state index contributed by atoms with van der Waals surface area (Å²) >= 11 is 0. The van der Waals surface area contributed by atoms with Gasteiger partial charge >= 0.3 is 0 Å². The first-order valence-electron chi connectivity index (χ1n) is 16.5. The molecule has 4 aliphatic carbocycles. The van der Waals surface area contributed by atoms with Gasteiger partial charge in [0.05, 0.1) is 0 Å². The maximum absolute atomic E-state index is 2.72. The molecule has 0 saturated carbocycles. The third-order valence-electron chi connectivity index (χ3n) is 11.4. The Balaban J connectivity index is 1.60. The van der Waals surface area contributed by atoms with Crippen LogP contribution in [0.25, 0.3) is 11.1 Å². The highest BCUT2D eigenvalue weighted by Gasteiger charge is 2.55. The molecule has 0 heteroatoms. The Kier molecular flexibility index (Phi) is 6.73. The van der Waals surface area contributed by atoms with Crippen molar-refractivity contribution in [2.45, 2.75) is 125 Å². The Hall–Kier alpha value is -2.34. The maximum atomic E-state index is 2.72. The van der Waals surface area contributed by atoms with Gasteiger partial charge in [-0.25, -0.2) is 0 Å². The van der Waals surface area contributed by atoms with Crippen molar-refractivity contribution < 1.29 is 0 Å². The van der Waals surface area contributed by atoms with Crippen LogP contribution in [0.1, 0.15) is 136 Å². The second-order valence-corrected chi connectivity index (χ2v) is 16.9. The van der Waals surface area contributed by atoms with Gasteiger partial charge in [-0.1, -0.05) is 135 Å². The largest absolute Gasteiger partial charge is 0.0885 e. The van der Waals surface area contributed by atoms with Crippen molar-refractivity contribution in [1.82, 2.24) is 0 Å². The molecule has 41 heavy (non-hydrogen) atoms. The first-order valence-corrected chi connectivity index (χ1v) is 16.5. The van der Waals surface area contributed by atoms with Crippen molar-refractivity contribution in [3.8, 4) is 11.1 Å². The molecule has 3 atom stereocenters. The van der Waals surface area contributed by atoms with Gasteiger partial charge in [0.15, 0.2) is 0 Å². The Morgan fingerprint density at radius 2 is 1.34 bits per heavy atom. The fourth-order valence-corrected chi connectivity index (χ4v) is 8.76. The number of hydrogen-bond acceptors (Lipinski definition) is 0. The normalized spacial score (nSPS) is 26.3. The number of rotatable bonds is 3. The molecule has 0 radical (unpaired) electrons. The van der Waals surface area contributed by atoms with E-state index in [0.29, 0.717) is 11.8 Å². The van der Waals surface area contributed by atoms with Gasteiger partial charge in [-0.2, -0.15) is 0 Å². The lowest BCUT2D eigenvalue weighted by Gasteiger charge is -2.41. The van der Waals surface area contributed by atoms with E-state index in [4.69, 9.17) is 0 Å². The first kappa shape index (κ1) is 28.8. The highest BCUT2D eigenvalue weighted by molar-refractivity contribution is 5.81. The smallest absolute Gasteiger partial charge is 0.0199 e. The molecule has 0 saturated heterocycles. The molecule has 2 aromatic carbocycles. The van der Waals surface area contributed by atoms with Crippen LogP contribution in [0.4, 0.5) is 0 Å². The molecule has 0 aromatic heterocycles. The maximum Gasteiger partial charge on any atom is 0.0199 e. The van der Waals surface area contributed by atoms with Crippen molar-refractivity contribution in [1.29, 1.82) is 0 Å². The summed E-state index contributed by atoms with van der Waals surface area (Å²) in [5.74, 6) is 1.90. The molecule has 0 N–H and O–H groups in total. The van der Waals surface area contributed by atoms with Crippen LogP contribution in [0, 0.1) is 22.7 Å². The third kappa shape index (κ3) is 4.63. The van der Waals surface area contributed by atoms with E-state index in [1.807, 2.05) is 5.57 Å². The Morgan fingerprint density at radius 1 is 0.756 bits per heavy atom. The molecule has 6 rings (SSSR count). The standard InChI is InChI=1S/C41H54/c1-11-41(25-35(26-15-13-12-14-16-26)32-23-29(24-36(32)41)40(8,9)10)37-33-21-27(38(2,3)4)17-19-30(33)31-20-18-28(22-34(31)37)39(5,6)7/h12-13,17-22,24,26,35,37H,11,14-16,23,25H2,1-10H3. The number of fused-ring (bicyclic) bond motifs is 3. The molecule has 3 unspecified atom stereocenters. The lowest BCUT2D eigenvalue weighted by Crippen LogP contribution is -2.30. The zero-order valence-electron chi connectivity index (χ0n) is 27.7. The van der Waals surface area contributed by atoms with Gasteiger partial charge in [0.1, 0.15) is 0 Å². The van der Waals surface area contributed by atoms with Gasteiger partial charge in [-0.3, -0.25) is 0 Å². The van der Waals surface area contributed by atoms with E-state index >= 15 is 0 Å². The van der Waals surface area contributed by atoms with E-state index in [1.165, 1.54) is 60.8 Å². The second kappa shape index (κ2) is 9.59. The Bertz CT molecular complexity index is 1390. The quantitative estimate of drug-likeness (QED) is 0.336. The monoisotopic (exact) mass is 546 g/mol. The number of benzene rings is 2. The molecule has 0 nitrogen and oxygen atoms in total. The van der Waals surface area contributed by atoms with Gasteiger partial charge in [-0.15, -0.1) is 0 Å². The van der Waals surface area contributed by atoms with Gasteiger partial charge in [0.25, 0.3) is 0 Å². The molecule has 0 spiro atoms. The summed E-state index contributed by atoms with van der Waals surface area (Å²) in [6.45, 7) is 24.0. The molecule has 0 fully saturated rings. The lowest BCUT2D eigenvalue weighted by molar-refractivity contribution is 0.228. The van der Waals surface area contributed by atoms with Crippen LogP contribution in [-0.4, -0.2) is 0 Å². The summed E-state index contributed by atoms with van der Waals surface area (Å²) in [6.07, 6.45) is 15.2. The van der Waals surface area contributed by atoms with Crippen LogP contribution in [0.2, 0.25) is 0 Å². The average molecular weight is 547 g/mol. The van der Waals surface area contributed by atoms with Crippen LogP contribution in [-0.2, 0) is 10.8 Å². The minimum atomic E-state index is 0.133. The summed E-state index contributed by atoms with van der Waals surface area (Å²) < 4.78 is 0. The van der Waals surface area contributed by atoms with Crippen molar-refractivity contribution >= 4 is 0 Å². The van der Waals surface area contributed by atoms with Crippen molar-refractivity contribution in [2.75, 3.05) is 0 Å². The molecule has 0 aliphatic heterocycles. The molecule has 218 valence electrons. The van der Waals surface area contributed by atoms with Crippen molar-refractivity contribution in [3.63, 3.8) is 0 Å². The van der Waals surface area contributed by atoms with Crippen LogP contribution in [0.5, 0.6) is 0 Å². The summed E-state index contributed by atoms with van der Waals surface area (Å²) in [5, 5.41) is 0. The van der Waals surface area contributed by atoms with Crippen molar-refractivity contribution in [3.05, 3.63) is 93.6 Å². The van der Waals surface area contributed by atoms with E-state index in [2.05, 4.69) is 124 Å². The predicted molar refractivity (Wildman–Crippen MR) is 178 cm³/mol. The van der Waals surface area contributed by atoms with Gasteiger partial charge in [0.2, 0.25) is 0 Å². The lowest BCUT2D eigenvalue weighted by atomic mass is 9.62. The zero-order valence-corrected chi connectivity index (χ0v) is 27.7. The second-order valence-electron chi connectivity index (χ2n) is 16.9. The minimum Gasteiger partial charge on any atom is -0.0885 e. The minimum absolute atomic E-state index is 0.133. The summed E-state index contributed by atoms with van der Waals surface area (Å²) in [4.78, 5) is 0. The third-order valence-corrected chi connectivity index (χ3v) is 11.4. The molecule has 2 aromatic rings. The van der Waals surface area contributed by atoms with E-state index in [-0.39, 0.29) is 21.7 Å². The highest BCUT2D eigenvalue weighted by Crippen LogP contribution is 2.67. The molecular weight excluding hydrogens is 492 g/mol. The van der Waals surface area contributed by atoms with Gasteiger partial charge in [0, 0.05) is 11.3 Å². The number of hydrogen-bond donors (Lipinski definition) is 0. The van der Waals surface area contributed by atoms with Crippen LogP contribution in [0.3, 0.4) is 0 Å². The Morgan fingerprint density at radius 3 is 1.80 bits per heavy atom. The van der Waals surface area contributed by atoms with Crippen LogP contribution < -0.4 is 0 Å². The topological polar surface area (TPSA) is 0 Å². The zero-order chi connectivity index (χ0) is 29.5. The fraction of sp³-hybridized carbons (Fsp3) is 0.561. The summed E-state index contributed by atoms with van der Waals surface area (Å²) in [7, 11) is 0. The summed E-state index contributed by atoms with van der Waals surface area (Å²) in [5.41, 5.74) is 14.9. The van der Waals surface area contributed by atoms with E-state index in [1.54, 1.807) is 22.3 Å². The molecule has 0 amide bonds. The highest BCUT2D eigenvalue weighted by atomic mass is 14.6. The molecule has 0 heterocycles. The Labute approximate surface area is 251 Å². The number of allylic oxidation sites excluding steroid dienone is 6. The summed E-state index contributed by atoms with van der Waals surface area (Å²) in [6, 6.07) is 15.0. The molecule has 4 aliphatic rings. The SMILES string of the molecule is CCC1(C2c3cc(C(C)(C)C)ccc3-c3ccc(C(C)(C)C)cc32)CC(C2CC=CCC2)C2=C1C=C(C(C)(C)C)C2. The first-order chi connectivity index (χ1) is 19.1. The van der Waals surface area contributed by atoms with Gasteiger partial charge in [-0.05, 0) is 106 Å². The predicted octanol–water partition coefficient (Wildman–Crippen LogP) is 11.8. The van der Waals surface area contributed by atoms with Crippen LogP contribution >= 0.6 is 0 Å². The van der Waals surface area contributed by atoms with E-state index in [9.17, 15) is 0 Å². The van der Waals surface area contributed by atoms with E-state index in [0.717, 1.165) is 5.92 Å². The van der Waals surface area contributed by atoms with E-state index < -0.39 is 0 Å². The van der Waals surface area contributed by atoms with Crippen molar-refractivity contribution in [2.24, 2.45) is 22.7 Å². The fourth-order valence-electron chi connectivity index (χ4n) is 8.76. The average Bonchev–Trinajstić information content (AvgIpc) is 3.57. The molecule has 0 bridgehead atoms.